The Bertz CT molecular complexity index is 2460. The van der Waals surface area contributed by atoms with E-state index in [1.54, 1.807) is 6.07 Å². The lowest BCUT2D eigenvalue weighted by atomic mass is 9.95. The first kappa shape index (κ1) is 43.8. The van der Waals surface area contributed by atoms with Crippen molar-refractivity contribution in [3.8, 4) is 16.9 Å². The summed E-state index contributed by atoms with van der Waals surface area (Å²) in [7, 11) is 0. The first-order valence-electron chi connectivity index (χ1n) is 21.8. The number of fused-ring (bicyclic) bond motifs is 8. The minimum Gasteiger partial charge on any atom is -0.455 e. The van der Waals surface area contributed by atoms with Crippen molar-refractivity contribution in [2.75, 3.05) is 6.61 Å². The second-order valence-corrected chi connectivity index (χ2v) is 15.7. The fourth-order valence-electron chi connectivity index (χ4n) is 9.48. The predicted octanol–water partition coefficient (Wildman–Crippen LogP) is 8.17. The number of nitro groups is 1. The second kappa shape index (κ2) is 18.0. The molecule has 14 heteroatoms. The largest absolute Gasteiger partial charge is 0.455 e. The molecule has 0 unspecified atom stereocenters. The molecular weight excluding hydrogens is 777 g/mol. The van der Waals surface area contributed by atoms with E-state index < -0.39 is 47.9 Å². The number of hydrogen-bond donors (Lipinski definition) is 6. The van der Waals surface area contributed by atoms with Gasteiger partial charge >= 0.3 is 5.69 Å². The van der Waals surface area contributed by atoms with Crippen LogP contribution in [0.2, 0.25) is 0 Å². The molecule has 1 saturated heterocycles. The lowest BCUT2D eigenvalue weighted by Crippen LogP contribution is -2.60. The zero-order valence-corrected chi connectivity index (χ0v) is 36.3. The van der Waals surface area contributed by atoms with Gasteiger partial charge in [-0.2, -0.15) is 0 Å². The highest BCUT2D eigenvalue weighted by atomic mass is 16.7. The standard InChI is InChI=1S/C47H58N6O8/c1-9-24-28(13-5)40-39(23-17-18-37(36(19-23)53(58)59)60-47-44(57)43(56)42(55)38(22-54)61-47)41-29(14-6)25(10-2)33(49-41)21-35-27(12-4)31(16-8)46(51-35)52-45-30(15-7)26(11-3)34(50-45)20-32(24)48-40/h17-21,38,42-44,47-49,54-57H,9-16,22H2,1-8H3/t38-,42+,43+,44-,47-/m1/s1. The lowest BCUT2D eigenvalue weighted by Gasteiger charge is -2.39. The van der Waals surface area contributed by atoms with Crippen LogP contribution >= 0.6 is 0 Å². The lowest BCUT2D eigenvalue weighted by molar-refractivity contribution is -0.387. The molecule has 7 rings (SSSR count). The zero-order chi connectivity index (χ0) is 43.9. The normalized spacial score (nSPS) is 20.5. The Labute approximate surface area is 355 Å². The van der Waals surface area contributed by atoms with Crippen LogP contribution in [0.5, 0.6) is 5.75 Å². The molecule has 0 radical (unpaired) electrons. The van der Waals surface area contributed by atoms with Gasteiger partial charge in [0.05, 0.1) is 34.0 Å². The van der Waals surface area contributed by atoms with Crippen LogP contribution in [-0.2, 0) is 30.4 Å². The molecule has 8 bridgehead atoms. The van der Waals surface area contributed by atoms with Crippen LogP contribution in [0.25, 0.3) is 55.5 Å². The zero-order valence-electron chi connectivity index (χ0n) is 36.3. The number of ether oxygens (including phenoxy) is 2. The molecular formula is C47H58N6O8. The molecule has 0 saturated carbocycles. The van der Waals surface area contributed by atoms with Crippen LogP contribution in [0.15, 0.2) is 30.3 Å². The number of nitro benzene ring substituents is 1. The van der Waals surface area contributed by atoms with Crippen molar-refractivity contribution in [1.82, 2.24) is 24.9 Å². The van der Waals surface area contributed by atoms with Crippen LogP contribution in [0.3, 0.4) is 0 Å². The molecule has 324 valence electrons. The number of aliphatic hydroxyl groups excluding tert-OH is 4. The van der Waals surface area contributed by atoms with E-state index in [0.717, 1.165) is 122 Å². The highest BCUT2D eigenvalue weighted by molar-refractivity contribution is 6.00. The number of aliphatic hydroxyl groups is 4. The van der Waals surface area contributed by atoms with Crippen LogP contribution in [-0.4, -0.2) is 87.6 Å². The van der Waals surface area contributed by atoms with Gasteiger partial charge in [0.1, 0.15) is 24.4 Å². The molecule has 0 amide bonds. The summed E-state index contributed by atoms with van der Waals surface area (Å²) in [6.07, 6.45) is -2.10. The fourth-order valence-corrected chi connectivity index (χ4v) is 9.48. The summed E-state index contributed by atoms with van der Waals surface area (Å²) in [6.45, 7) is 16.4. The fraction of sp³-hybridized carbons (Fsp3) is 0.468. The second-order valence-electron chi connectivity index (χ2n) is 15.7. The van der Waals surface area contributed by atoms with Gasteiger partial charge in [0.25, 0.3) is 0 Å². The smallest absolute Gasteiger partial charge is 0.311 e. The molecule has 3 aromatic heterocycles. The van der Waals surface area contributed by atoms with Gasteiger partial charge in [-0.25, -0.2) is 15.0 Å². The van der Waals surface area contributed by atoms with Crippen molar-refractivity contribution in [3.05, 3.63) is 85.7 Å². The van der Waals surface area contributed by atoms with Gasteiger partial charge in [-0.15, -0.1) is 0 Å². The monoisotopic (exact) mass is 834 g/mol. The summed E-state index contributed by atoms with van der Waals surface area (Å²) in [5.41, 5.74) is 14.9. The Hall–Kier alpha value is -5.25. The van der Waals surface area contributed by atoms with Crippen LogP contribution in [0, 0.1) is 10.1 Å². The Morgan fingerprint density at radius 1 is 0.656 bits per heavy atom. The van der Waals surface area contributed by atoms with Gasteiger partial charge in [-0.1, -0.05) is 61.5 Å². The van der Waals surface area contributed by atoms with Crippen LogP contribution < -0.4 is 4.74 Å². The van der Waals surface area contributed by atoms with E-state index in [4.69, 9.17) is 24.4 Å². The average Bonchev–Trinajstić information content (AvgIpc) is 3.99. The number of allylic oxidation sites excluding steroid dienone is 4. The highest BCUT2D eigenvalue weighted by Crippen LogP contribution is 2.43. The average molecular weight is 835 g/mol. The first-order chi connectivity index (χ1) is 29.4. The molecule has 1 aromatic carbocycles. The molecule has 6 heterocycles. The summed E-state index contributed by atoms with van der Waals surface area (Å²) < 4.78 is 11.5. The van der Waals surface area contributed by atoms with E-state index in [9.17, 15) is 30.5 Å². The minimum atomic E-state index is -1.75. The van der Waals surface area contributed by atoms with Crippen LogP contribution in [0.4, 0.5) is 5.69 Å². The van der Waals surface area contributed by atoms with Gasteiger partial charge in [0, 0.05) is 33.8 Å². The summed E-state index contributed by atoms with van der Waals surface area (Å²) in [5, 5.41) is 54.2. The van der Waals surface area contributed by atoms with E-state index >= 15 is 0 Å². The maximum atomic E-state index is 12.9. The van der Waals surface area contributed by atoms with Crippen molar-refractivity contribution in [2.45, 2.75) is 137 Å². The highest BCUT2D eigenvalue weighted by Gasteiger charge is 2.45. The third kappa shape index (κ3) is 7.58. The van der Waals surface area contributed by atoms with Crippen molar-refractivity contribution in [3.63, 3.8) is 0 Å². The third-order valence-electron chi connectivity index (χ3n) is 12.5. The van der Waals surface area contributed by atoms with Crippen LogP contribution in [0.1, 0.15) is 126 Å². The maximum Gasteiger partial charge on any atom is 0.311 e. The van der Waals surface area contributed by atoms with E-state index in [-0.39, 0.29) is 5.75 Å². The SMILES string of the molecule is CCC1=C(CC)c2nc1cc1[nH]c(c(CC)c1CC)c(-c1ccc(O[C@@H]3O[C@H](CO)[C@H](O)[C@H](O)[C@H]3O)c([N+](=O)[O-])c1)c1[nH]c(cc3nc(n2)C(CC)=C3CC)c(CC)c1CC. The molecule has 0 aliphatic carbocycles. The summed E-state index contributed by atoms with van der Waals surface area (Å²) >= 11 is 0. The number of nitrogens with zero attached hydrogens (tertiary/aromatic N) is 4. The number of rotatable bonds is 13. The number of H-pyrrole nitrogens is 2. The molecule has 4 aromatic rings. The quantitative estimate of drug-likeness (QED) is 0.0558. The number of aromatic amines is 2. The van der Waals surface area contributed by atoms with E-state index in [1.165, 1.54) is 12.1 Å². The first-order valence-corrected chi connectivity index (χ1v) is 21.8. The van der Waals surface area contributed by atoms with Gasteiger partial charge in [0.15, 0.2) is 17.4 Å². The summed E-state index contributed by atoms with van der Waals surface area (Å²) in [5.74, 6) is 1.16. The summed E-state index contributed by atoms with van der Waals surface area (Å²) in [6, 6.07) is 8.90. The van der Waals surface area contributed by atoms with Gasteiger partial charge in [-0.05, 0) is 109 Å². The maximum absolute atomic E-state index is 12.9. The Morgan fingerprint density at radius 2 is 1.15 bits per heavy atom. The Balaban J connectivity index is 1.62. The van der Waals surface area contributed by atoms with Gasteiger partial charge in [0.2, 0.25) is 6.29 Å². The summed E-state index contributed by atoms with van der Waals surface area (Å²) in [4.78, 5) is 35.6. The van der Waals surface area contributed by atoms with Crippen molar-refractivity contribution in [2.24, 2.45) is 0 Å². The molecule has 1 fully saturated rings. The Kier molecular flexibility index (Phi) is 12.9. The number of hydrogen-bond acceptors (Lipinski definition) is 11. The van der Waals surface area contributed by atoms with Gasteiger partial charge < -0.3 is 39.9 Å². The predicted molar refractivity (Wildman–Crippen MR) is 238 cm³/mol. The molecule has 6 N–H and O–H groups in total. The van der Waals surface area contributed by atoms with Gasteiger partial charge in [-0.3, -0.25) is 10.1 Å². The molecule has 14 nitrogen and oxygen atoms in total. The molecule has 61 heavy (non-hydrogen) atoms. The van der Waals surface area contributed by atoms with E-state index in [0.29, 0.717) is 30.1 Å². The van der Waals surface area contributed by atoms with E-state index in [1.807, 2.05) is 0 Å². The molecule has 5 atom stereocenters. The third-order valence-corrected chi connectivity index (χ3v) is 12.5. The Morgan fingerprint density at radius 3 is 1.57 bits per heavy atom. The van der Waals surface area contributed by atoms with Crippen molar-refractivity contribution >= 4 is 50.0 Å². The van der Waals surface area contributed by atoms with Crippen molar-refractivity contribution < 1.29 is 34.8 Å². The van der Waals surface area contributed by atoms with Crippen molar-refractivity contribution in [1.29, 1.82) is 0 Å². The number of benzene rings is 1. The molecule has 3 aliphatic heterocycles. The number of nitrogens with one attached hydrogen (secondary N) is 2. The molecule has 3 aliphatic rings. The number of aryl methyl sites for hydroxylation is 4. The van der Waals surface area contributed by atoms with E-state index in [2.05, 4.69) is 77.5 Å². The molecule has 0 spiro atoms. The topological polar surface area (TPSA) is 213 Å². The minimum absolute atomic E-state index is 0.220. The number of aromatic nitrogens is 5.